The number of rotatable bonds is 2. The van der Waals surface area contributed by atoms with E-state index in [0.717, 1.165) is 34.3 Å². The molecule has 0 atom stereocenters. The van der Waals surface area contributed by atoms with Crippen molar-refractivity contribution in [3.8, 4) is 11.6 Å². The number of aryl methyl sites for hydroxylation is 2. The third-order valence-electron chi connectivity index (χ3n) is 2.91. The van der Waals surface area contributed by atoms with Gasteiger partial charge in [-0.2, -0.15) is 5.10 Å². The van der Waals surface area contributed by atoms with Crippen LogP contribution in [0.3, 0.4) is 0 Å². The van der Waals surface area contributed by atoms with Crippen LogP contribution in [-0.4, -0.2) is 15.2 Å². The summed E-state index contributed by atoms with van der Waals surface area (Å²) in [6.45, 7) is 4.09. The van der Waals surface area contributed by atoms with E-state index in [9.17, 15) is 0 Å². The van der Waals surface area contributed by atoms with Crippen molar-refractivity contribution >= 4 is 10.9 Å². The van der Waals surface area contributed by atoms with E-state index in [2.05, 4.69) is 22.1 Å². The molecule has 0 aliphatic rings. The number of aromatic amines is 1. The molecule has 1 aromatic carbocycles. The van der Waals surface area contributed by atoms with Crippen LogP contribution in [0.1, 0.15) is 18.2 Å². The number of hydrogen-bond donors (Lipinski definition) is 1. The van der Waals surface area contributed by atoms with Gasteiger partial charge in [-0.3, -0.25) is 5.10 Å². The summed E-state index contributed by atoms with van der Waals surface area (Å²) >= 11 is 0. The Hall–Kier alpha value is -2.10. The summed E-state index contributed by atoms with van der Waals surface area (Å²) in [5.41, 5.74) is 3.92. The molecule has 4 nitrogen and oxygen atoms in total. The first-order valence-electron chi connectivity index (χ1n) is 5.68. The Bertz CT molecular complexity index is 666. The van der Waals surface area contributed by atoms with Crippen LogP contribution in [0.15, 0.2) is 28.9 Å². The van der Waals surface area contributed by atoms with Gasteiger partial charge in [0.15, 0.2) is 0 Å². The molecule has 0 unspecified atom stereocenters. The van der Waals surface area contributed by atoms with Gasteiger partial charge in [0.2, 0.25) is 5.89 Å². The van der Waals surface area contributed by atoms with Crippen molar-refractivity contribution in [1.82, 2.24) is 15.2 Å². The molecule has 0 bridgehead atoms. The van der Waals surface area contributed by atoms with Gasteiger partial charge >= 0.3 is 0 Å². The molecule has 3 rings (SSSR count). The molecule has 3 aromatic rings. The number of nitrogens with zero attached hydrogens (tertiary/aromatic N) is 2. The van der Waals surface area contributed by atoms with Gasteiger partial charge in [-0.25, -0.2) is 4.98 Å². The maximum Gasteiger partial charge on any atom is 0.245 e. The highest BCUT2D eigenvalue weighted by Crippen LogP contribution is 2.27. The fourth-order valence-corrected chi connectivity index (χ4v) is 1.93. The quantitative estimate of drug-likeness (QED) is 0.731. The zero-order valence-corrected chi connectivity index (χ0v) is 9.82. The highest BCUT2D eigenvalue weighted by atomic mass is 16.3. The molecule has 17 heavy (non-hydrogen) atoms. The van der Waals surface area contributed by atoms with Gasteiger partial charge in [-0.05, 0) is 18.9 Å². The van der Waals surface area contributed by atoms with E-state index in [1.807, 2.05) is 25.1 Å². The molecule has 0 aliphatic carbocycles. The Labute approximate surface area is 98.7 Å². The number of H-pyrrole nitrogens is 1. The van der Waals surface area contributed by atoms with Crippen LogP contribution in [0, 0.1) is 6.92 Å². The third-order valence-corrected chi connectivity index (χ3v) is 2.91. The third kappa shape index (κ3) is 1.53. The highest BCUT2D eigenvalue weighted by molar-refractivity contribution is 5.92. The minimum Gasteiger partial charge on any atom is -0.443 e. The lowest BCUT2D eigenvalue weighted by molar-refractivity contribution is 0.570. The van der Waals surface area contributed by atoms with E-state index in [1.54, 1.807) is 6.26 Å². The summed E-state index contributed by atoms with van der Waals surface area (Å²) in [6, 6.07) is 6.08. The second-order valence-electron chi connectivity index (χ2n) is 4.07. The maximum absolute atomic E-state index is 5.47. The van der Waals surface area contributed by atoms with Crippen LogP contribution < -0.4 is 0 Å². The van der Waals surface area contributed by atoms with Crippen LogP contribution in [0.4, 0.5) is 0 Å². The normalized spacial score (nSPS) is 11.2. The zero-order chi connectivity index (χ0) is 11.8. The summed E-state index contributed by atoms with van der Waals surface area (Å²) in [5.74, 6) is 0.606. The molecule has 0 saturated heterocycles. The van der Waals surface area contributed by atoms with Gasteiger partial charge < -0.3 is 4.42 Å². The number of fused-ring (bicyclic) bond motifs is 1. The van der Waals surface area contributed by atoms with Gasteiger partial charge in [0, 0.05) is 5.39 Å². The predicted molar refractivity (Wildman–Crippen MR) is 65.7 cm³/mol. The van der Waals surface area contributed by atoms with E-state index in [4.69, 9.17) is 4.42 Å². The largest absolute Gasteiger partial charge is 0.443 e. The molecule has 2 aromatic heterocycles. The fraction of sp³-hybridized carbons (Fsp3) is 0.231. The molecule has 4 heteroatoms. The van der Waals surface area contributed by atoms with Crippen LogP contribution in [-0.2, 0) is 6.42 Å². The Kier molecular flexibility index (Phi) is 2.21. The minimum atomic E-state index is 0.606. The monoisotopic (exact) mass is 227 g/mol. The smallest absolute Gasteiger partial charge is 0.245 e. The predicted octanol–water partition coefficient (Wildman–Crippen LogP) is 3.09. The number of aromatic nitrogens is 3. The van der Waals surface area contributed by atoms with Crippen molar-refractivity contribution in [2.24, 2.45) is 0 Å². The Morgan fingerprint density at radius 1 is 1.35 bits per heavy atom. The number of nitrogens with one attached hydrogen (secondary N) is 1. The van der Waals surface area contributed by atoms with E-state index < -0.39 is 0 Å². The molecule has 0 fully saturated rings. The van der Waals surface area contributed by atoms with Crippen LogP contribution in [0.2, 0.25) is 0 Å². The van der Waals surface area contributed by atoms with Crippen molar-refractivity contribution in [2.45, 2.75) is 20.3 Å². The molecular formula is C13H13N3O. The molecule has 2 heterocycles. The Morgan fingerprint density at radius 3 is 3.00 bits per heavy atom. The lowest BCUT2D eigenvalue weighted by Gasteiger charge is -1.94. The first kappa shape index (κ1) is 10.1. The van der Waals surface area contributed by atoms with Crippen molar-refractivity contribution in [1.29, 1.82) is 0 Å². The minimum absolute atomic E-state index is 0.606. The van der Waals surface area contributed by atoms with Crippen molar-refractivity contribution < 1.29 is 4.42 Å². The van der Waals surface area contributed by atoms with E-state index >= 15 is 0 Å². The van der Waals surface area contributed by atoms with E-state index in [0.29, 0.717) is 5.89 Å². The van der Waals surface area contributed by atoms with Gasteiger partial charge in [-0.15, -0.1) is 0 Å². The van der Waals surface area contributed by atoms with Gasteiger partial charge in [-0.1, -0.05) is 25.1 Å². The summed E-state index contributed by atoms with van der Waals surface area (Å²) < 4.78 is 5.47. The first-order chi connectivity index (χ1) is 8.29. The molecular weight excluding hydrogens is 214 g/mol. The summed E-state index contributed by atoms with van der Waals surface area (Å²) in [5, 5.41) is 8.36. The van der Waals surface area contributed by atoms with Gasteiger partial charge in [0.25, 0.3) is 0 Å². The molecule has 0 aliphatic heterocycles. The SMILES string of the molecule is CCc1coc(-c2[nH]nc3c(C)cccc23)n1. The second kappa shape index (κ2) is 3.73. The van der Waals surface area contributed by atoms with Crippen molar-refractivity contribution in [3.05, 3.63) is 35.7 Å². The van der Waals surface area contributed by atoms with Crippen LogP contribution in [0.25, 0.3) is 22.5 Å². The van der Waals surface area contributed by atoms with Crippen LogP contribution in [0.5, 0.6) is 0 Å². The Morgan fingerprint density at radius 2 is 2.24 bits per heavy atom. The topological polar surface area (TPSA) is 54.7 Å². The van der Waals surface area contributed by atoms with Crippen LogP contribution >= 0.6 is 0 Å². The number of para-hydroxylation sites is 1. The number of oxazole rings is 1. The van der Waals surface area contributed by atoms with Gasteiger partial charge in [0.1, 0.15) is 12.0 Å². The lowest BCUT2D eigenvalue weighted by Crippen LogP contribution is -1.81. The highest BCUT2D eigenvalue weighted by Gasteiger charge is 2.13. The second-order valence-corrected chi connectivity index (χ2v) is 4.07. The molecule has 0 spiro atoms. The van der Waals surface area contributed by atoms with Gasteiger partial charge in [0.05, 0.1) is 11.2 Å². The summed E-state index contributed by atoms with van der Waals surface area (Å²) in [4.78, 5) is 4.41. The molecule has 86 valence electrons. The summed E-state index contributed by atoms with van der Waals surface area (Å²) in [6.07, 6.45) is 2.56. The molecule has 1 N–H and O–H groups in total. The zero-order valence-electron chi connectivity index (χ0n) is 9.82. The standard InChI is InChI=1S/C13H13N3O/c1-3-9-7-17-13(14-9)12-10-6-4-5-8(2)11(10)15-16-12/h4-7H,3H2,1-2H3,(H,15,16). The van der Waals surface area contributed by atoms with E-state index in [1.165, 1.54) is 0 Å². The Balaban J connectivity index is 2.20. The molecule has 0 amide bonds. The van der Waals surface area contributed by atoms with Crippen molar-refractivity contribution in [2.75, 3.05) is 0 Å². The molecule has 0 radical (unpaired) electrons. The summed E-state index contributed by atoms with van der Waals surface area (Å²) in [7, 11) is 0. The number of benzene rings is 1. The lowest BCUT2D eigenvalue weighted by atomic mass is 10.1. The average molecular weight is 227 g/mol. The van der Waals surface area contributed by atoms with Crippen molar-refractivity contribution in [3.63, 3.8) is 0 Å². The maximum atomic E-state index is 5.47. The molecule has 0 saturated carbocycles. The number of hydrogen-bond acceptors (Lipinski definition) is 3. The van der Waals surface area contributed by atoms with E-state index in [-0.39, 0.29) is 0 Å². The fourth-order valence-electron chi connectivity index (χ4n) is 1.93. The average Bonchev–Trinajstić information content (AvgIpc) is 2.94. The first-order valence-corrected chi connectivity index (χ1v) is 5.68.